The first kappa shape index (κ1) is 24.3. The van der Waals surface area contributed by atoms with Crippen molar-refractivity contribution in [2.24, 2.45) is 0 Å². The number of rotatable bonds is 12. The van der Waals surface area contributed by atoms with Gasteiger partial charge in [-0.15, -0.1) is 5.10 Å². The molecule has 0 radical (unpaired) electrons. The second-order valence-electron chi connectivity index (χ2n) is 8.55. The van der Waals surface area contributed by atoms with Crippen molar-refractivity contribution >= 4 is 39.4 Å². The highest BCUT2D eigenvalue weighted by molar-refractivity contribution is 9.10. The Labute approximate surface area is 187 Å². The lowest BCUT2D eigenvalue weighted by atomic mass is 10.1. The van der Waals surface area contributed by atoms with Gasteiger partial charge in [0.25, 0.3) is 0 Å². The lowest BCUT2D eigenvalue weighted by Crippen LogP contribution is -2.23. The molecule has 0 aliphatic rings. The van der Waals surface area contributed by atoms with Gasteiger partial charge in [0, 0.05) is 23.5 Å². The van der Waals surface area contributed by atoms with Crippen LogP contribution in [-0.2, 0) is 14.3 Å². The predicted molar refractivity (Wildman–Crippen MR) is 121 cm³/mol. The highest BCUT2D eigenvalue weighted by Gasteiger charge is 2.15. The Morgan fingerprint density at radius 2 is 1.60 bits per heavy atom. The van der Waals surface area contributed by atoms with E-state index in [-0.39, 0.29) is 11.9 Å². The molecule has 0 saturated heterocycles. The molecule has 8 heteroatoms. The Balaban J connectivity index is 1.46. The molecular formula is C22H33BrN4O3. The summed E-state index contributed by atoms with van der Waals surface area (Å²) in [5.41, 5.74) is 0.300. The molecule has 7 nitrogen and oxygen atoms in total. The molecule has 0 unspecified atom stereocenters. The SMILES string of the molecule is CC(C)(C)OC(=O)CCCCCCCCCCC(=O)Nc1nc2ccc(Br)cn2n1. The van der Waals surface area contributed by atoms with Crippen molar-refractivity contribution < 1.29 is 14.3 Å². The molecule has 166 valence electrons. The summed E-state index contributed by atoms with van der Waals surface area (Å²) in [5.74, 6) is 0.184. The van der Waals surface area contributed by atoms with Gasteiger partial charge in [-0.25, -0.2) is 4.52 Å². The van der Waals surface area contributed by atoms with Crippen LogP contribution >= 0.6 is 15.9 Å². The van der Waals surface area contributed by atoms with Crippen LogP contribution in [0.25, 0.3) is 5.65 Å². The first-order valence-corrected chi connectivity index (χ1v) is 11.6. The molecule has 0 spiro atoms. The maximum atomic E-state index is 12.1. The van der Waals surface area contributed by atoms with Crippen LogP contribution in [0.4, 0.5) is 5.95 Å². The summed E-state index contributed by atoms with van der Waals surface area (Å²) in [6.45, 7) is 5.68. The number of nitrogens with one attached hydrogen (secondary N) is 1. The number of aromatic nitrogens is 3. The average Bonchev–Trinajstić information content (AvgIpc) is 3.02. The number of ether oxygens (including phenoxy) is 1. The minimum Gasteiger partial charge on any atom is -0.460 e. The fourth-order valence-electron chi connectivity index (χ4n) is 3.11. The van der Waals surface area contributed by atoms with E-state index < -0.39 is 5.60 Å². The maximum absolute atomic E-state index is 12.1. The molecule has 0 bridgehead atoms. The number of nitrogens with zero attached hydrogens (tertiary/aromatic N) is 3. The monoisotopic (exact) mass is 480 g/mol. The van der Waals surface area contributed by atoms with Gasteiger partial charge >= 0.3 is 5.97 Å². The van der Waals surface area contributed by atoms with E-state index in [0.29, 0.717) is 24.4 Å². The second kappa shape index (κ2) is 12.0. The highest BCUT2D eigenvalue weighted by Crippen LogP contribution is 2.14. The minimum absolute atomic E-state index is 0.0490. The number of anilines is 1. The molecule has 0 atom stereocenters. The molecule has 2 aromatic rings. The zero-order valence-corrected chi connectivity index (χ0v) is 19.8. The topological polar surface area (TPSA) is 85.6 Å². The van der Waals surface area contributed by atoms with E-state index in [4.69, 9.17) is 4.74 Å². The van der Waals surface area contributed by atoms with Gasteiger partial charge in [-0.2, -0.15) is 4.98 Å². The van der Waals surface area contributed by atoms with Gasteiger partial charge in [0.05, 0.1) is 0 Å². The van der Waals surface area contributed by atoms with E-state index >= 15 is 0 Å². The lowest BCUT2D eigenvalue weighted by molar-refractivity contribution is -0.154. The predicted octanol–water partition coefficient (Wildman–Crippen LogP) is 5.67. The Kier molecular flexibility index (Phi) is 9.75. The van der Waals surface area contributed by atoms with Crippen molar-refractivity contribution in [3.05, 3.63) is 22.8 Å². The zero-order valence-electron chi connectivity index (χ0n) is 18.2. The number of halogens is 1. The van der Waals surface area contributed by atoms with Crippen LogP contribution in [0.15, 0.2) is 22.8 Å². The Morgan fingerprint density at radius 1 is 1.00 bits per heavy atom. The number of carbonyl (C=O) groups is 2. The Hall–Kier alpha value is -1.96. The standard InChI is InChI=1S/C22H33BrN4O3/c1-22(2,3)30-20(29)13-11-9-7-5-4-6-8-10-12-19(28)25-21-24-18-15-14-17(23)16-27(18)26-21/h14-16H,4-13H2,1-3H3,(H,25,26,28). The normalized spacial score (nSPS) is 11.6. The molecule has 1 amide bonds. The van der Waals surface area contributed by atoms with Crippen molar-refractivity contribution in [3.8, 4) is 0 Å². The van der Waals surface area contributed by atoms with Crippen LogP contribution in [-0.4, -0.2) is 32.1 Å². The van der Waals surface area contributed by atoms with Crippen molar-refractivity contribution in [2.75, 3.05) is 5.32 Å². The first-order valence-electron chi connectivity index (χ1n) is 10.8. The van der Waals surface area contributed by atoms with Crippen LogP contribution in [0.2, 0.25) is 0 Å². The van der Waals surface area contributed by atoms with E-state index in [9.17, 15) is 9.59 Å². The third kappa shape index (κ3) is 9.69. The van der Waals surface area contributed by atoms with Gasteiger partial charge in [-0.3, -0.25) is 14.9 Å². The van der Waals surface area contributed by atoms with Crippen molar-refractivity contribution in [1.82, 2.24) is 14.6 Å². The van der Waals surface area contributed by atoms with E-state index in [2.05, 4.69) is 31.3 Å². The molecule has 0 aliphatic heterocycles. The molecule has 0 fully saturated rings. The molecule has 0 aliphatic carbocycles. The van der Waals surface area contributed by atoms with Crippen LogP contribution in [0.5, 0.6) is 0 Å². The summed E-state index contributed by atoms with van der Waals surface area (Å²) in [7, 11) is 0. The van der Waals surface area contributed by atoms with Crippen molar-refractivity contribution in [3.63, 3.8) is 0 Å². The first-order chi connectivity index (χ1) is 14.2. The zero-order chi connectivity index (χ0) is 22.0. The molecule has 30 heavy (non-hydrogen) atoms. The fourth-order valence-corrected chi connectivity index (χ4v) is 3.43. The number of hydrogen-bond donors (Lipinski definition) is 1. The number of fused-ring (bicyclic) bond motifs is 1. The third-order valence-electron chi connectivity index (χ3n) is 4.50. The molecule has 0 aromatic carbocycles. The van der Waals surface area contributed by atoms with Crippen molar-refractivity contribution in [1.29, 1.82) is 0 Å². The molecular weight excluding hydrogens is 448 g/mol. The number of pyridine rings is 1. The average molecular weight is 481 g/mol. The van der Waals surface area contributed by atoms with Gasteiger partial charge in [0.1, 0.15) is 5.60 Å². The molecule has 1 N–H and O–H groups in total. The summed E-state index contributed by atoms with van der Waals surface area (Å²) in [6, 6.07) is 3.72. The third-order valence-corrected chi connectivity index (χ3v) is 4.97. The van der Waals surface area contributed by atoms with Gasteiger partial charge < -0.3 is 4.74 Å². The Morgan fingerprint density at radius 3 is 2.23 bits per heavy atom. The minimum atomic E-state index is -0.394. The smallest absolute Gasteiger partial charge is 0.306 e. The van der Waals surface area contributed by atoms with Gasteiger partial charge in [0.2, 0.25) is 11.9 Å². The largest absolute Gasteiger partial charge is 0.460 e. The number of unbranched alkanes of at least 4 members (excludes halogenated alkanes) is 7. The van der Waals surface area contributed by atoms with E-state index in [1.54, 1.807) is 10.7 Å². The lowest BCUT2D eigenvalue weighted by Gasteiger charge is -2.19. The summed E-state index contributed by atoms with van der Waals surface area (Å²) in [4.78, 5) is 28.0. The highest BCUT2D eigenvalue weighted by atomic mass is 79.9. The number of hydrogen-bond acceptors (Lipinski definition) is 5. The number of esters is 1. The molecule has 2 heterocycles. The summed E-state index contributed by atoms with van der Waals surface area (Å²) in [6.07, 6.45) is 11.2. The van der Waals surface area contributed by atoms with Gasteiger partial charge in [0.15, 0.2) is 5.65 Å². The van der Waals surface area contributed by atoms with E-state index in [1.165, 1.54) is 6.42 Å². The second-order valence-corrected chi connectivity index (χ2v) is 9.46. The summed E-state index contributed by atoms with van der Waals surface area (Å²) in [5, 5.41) is 7.01. The van der Waals surface area contributed by atoms with Crippen LogP contribution < -0.4 is 5.32 Å². The maximum Gasteiger partial charge on any atom is 0.306 e. The van der Waals surface area contributed by atoms with Crippen LogP contribution in [0, 0.1) is 0 Å². The fraction of sp³-hybridized carbons (Fsp3) is 0.636. The summed E-state index contributed by atoms with van der Waals surface area (Å²) >= 11 is 3.39. The number of amides is 1. The number of carbonyl (C=O) groups excluding carboxylic acids is 2. The molecule has 2 rings (SSSR count). The molecule has 2 aromatic heterocycles. The van der Waals surface area contributed by atoms with Crippen LogP contribution in [0.3, 0.4) is 0 Å². The Bertz CT molecular complexity index is 829. The van der Waals surface area contributed by atoms with Gasteiger partial charge in [-0.1, -0.05) is 38.5 Å². The van der Waals surface area contributed by atoms with E-state index in [0.717, 1.165) is 49.4 Å². The van der Waals surface area contributed by atoms with Gasteiger partial charge in [-0.05, 0) is 61.7 Å². The van der Waals surface area contributed by atoms with E-state index in [1.807, 2.05) is 32.9 Å². The summed E-state index contributed by atoms with van der Waals surface area (Å²) < 4.78 is 7.84. The van der Waals surface area contributed by atoms with Crippen LogP contribution in [0.1, 0.15) is 85.0 Å². The van der Waals surface area contributed by atoms with Crippen molar-refractivity contribution in [2.45, 2.75) is 90.6 Å². The quantitative estimate of drug-likeness (QED) is 0.312. The molecule has 0 saturated carbocycles.